The number of rotatable bonds is 10. The highest BCUT2D eigenvalue weighted by Gasteiger charge is 2.09. The van der Waals surface area contributed by atoms with Crippen molar-refractivity contribution < 1.29 is 4.74 Å². The van der Waals surface area contributed by atoms with Crippen molar-refractivity contribution in [2.24, 2.45) is 4.99 Å². The fourth-order valence-corrected chi connectivity index (χ4v) is 3.91. The normalized spacial score (nSPS) is 12.4. The van der Waals surface area contributed by atoms with E-state index in [9.17, 15) is 0 Å². The van der Waals surface area contributed by atoms with Crippen molar-refractivity contribution in [3.8, 4) is 5.88 Å². The van der Waals surface area contributed by atoms with Crippen LogP contribution in [0.3, 0.4) is 0 Å². The smallest absolute Gasteiger partial charge is 0.217 e. The van der Waals surface area contributed by atoms with Gasteiger partial charge in [0, 0.05) is 42.8 Å². The molecule has 2 aromatic rings. The average Bonchev–Trinajstić information content (AvgIpc) is 2.88. The van der Waals surface area contributed by atoms with E-state index in [1.165, 1.54) is 36.8 Å². The monoisotopic (exact) mass is 481 g/mol. The van der Waals surface area contributed by atoms with Gasteiger partial charge in [0.1, 0.15) is 12.4 Å². The maximum Gasteiger partial charge on any atom is 0.217 e. The van der Waals surface area contributed by atoms with E-state index in [4.69, 9.17) is 15.9 Å². The number of ether oxygens (including phenoxy) is 1. The van der Waals surface area contributed by atoms with Crippen LogP contribution in [0.2, 0.25) is 0 Å². The van der Waals surface area contributed by atoms with Crippen LogP contribution in [-0.4, -0.2) is 43.2 Å². The van der Waals surface area contributed by atoms with Crippen LogP contribution < -0.4 is 15.4 Å². The summed E-state index contributed by atoms with van der Waals surface area (Å²) in [5, 5.41) is 6.92. The van der Waals surface area contributed by atoms with Gasteiger partial charge < -0.3 is 20.8 Å². The highest BCUT2D eigenvalue weighted by Crippen LogP contribution is 2.23. The second kappa shape index (κ2) is 18.4. The Morgan fingerprint density at radius 3 is 2.31 bits per heavy atom. The molecule has 1 aromatic carbocycles. The number of anilines is 2. The minimum absolute atomic E-state index is 0.512. The summed E-state index contributed by atoms with van der Waals surface area (Å²) >= 11 is 0. The summed E-state index contributed by atoms with van der Waals surface area (Å²) in [5.74, 6) is 1.12. The molecule has 35 heavy (non-hydrogen) atoms. The van der Waals surface area contributed by atoms with Crippen molar-refractivity contribution in [2.45, 2.75) is 79.6 Å². The first-order chi connectivity index (χ1) is 17.0. The predicted molar refractivity (Wildman–Crippen MR) is 153 cm³/mol. The summed E-state index contributed by atoms with van der Waals surface area (Å²) in [6.45, 7) is 13.7. The standard InChI is InChI=1S/C19H32N4O.C8H9N.C2H6/c1-3-11-23(12-4-2)17-14-18(20)22-19(15-17)24-13-10-21-16-8-6-5-7-9-16;1-7-3-2-4-8(5-7)6-9;1-2/h14-15H,3-13H2,1-2H3,(H2,20,22);2-6,9H,1H3;1-2H3. The molecule has 6 nitrogen and oxygen atoms in total. The van der Waals surface area contributed by atoms with Crippen LogP contribution in [0.25, 0.3) is 0 Å². The van der Waals surface area contributed by atoms with Gasteiger partial charge in [0.05, 0.1) is 6.54 Å². The minimum atomic E-state index is 0.512. The number of hydrogen-bond acceptors (Lipinski definition) is 6. The summed E-state index contributed by atoms with van der Waals surface area (Å²) in [6.07, 6.45) is 9.79. The van der Waals surface area contributed by atoms with Crippen molar-refractivity contribution in [2.75, 3.05) is 36.9 Å². The lowest BCUT2D eigenvalue weighted by atomic mass is 9.99. The molecule has 1 aliphatic carbocycles. The van der Waals surface area contributed by atoms with Crippen molar-refractivity contribution in [3.05, 3.63) is 47.5 Å². The molecule has 1 fully saturated rings. The van der Waals surface area contributed by atoms with Gasteiger partial charge in [-0.3, -0.25) is 4.99 Å². The van der Waals surface area contributed by atoms with Gasteiger partial charge in [-0.25, -0.2) is 0 Å². The number of nitrogen functional groups attached to an aromatic ring is 1. The average molecular weight is 482 g/mol. The summed E-state index contributed by atoms with van der Waals surface area (Å²) in [4.78, 5) is 11.3. The van der Waals surface area contributed by atoms with E-state index in [1.807, 2.05) is 57.2 Å². The van der Waals surface area contributed by atoms with E-state index in [0.717, 1.165) is 50.0 Å². The molecule has 0 saturated heterocycles. The Bertz CT molecular complexity index is 867. The van der Waals surface area contributed by atoms with Crippen LogP contribution in [0.4, 0.5) is 11.5 Å². The third kappa shape index (κ3) is 12.4. The molecule has 1 aliphatic rings. The van der Waals surface area contributed by atoms with Gasteiger partial charge >= 0.3 is 0 Å². The fourth-order valence-electron chi connectivity index (χ4n) is 3.91. The Morgan fingerprint density at radius 2 is 1.74 bits per heavy atom. The summed E-state index contributed by atoms with van der Waals surface area (Å²) in [7, 11) is 0. The predicted octanol–water partition coefficient (Wildman–Crippen LogP) is 7.09. The number of nitrogens with one attached hydrogen (secondary N) is 1. The van der Waals surface area contributed by atoms with Crippen LogP contribution in [0.1, 0.15) is 83.8 Å². The topological polar surface area (TPSA) is 87.6 Å². The first-order valence-electron chi connectivity index (χ1n) is 13.3. The highest BCUT2D eigenvalue weighted by atomic mass is 16.5. The first-order valence-corrected chi connectivity index (χ1v) is 13.3. The first kappa shape index (κ1) is 30.1. The molecule has 1 aromatic heterocycles. The Labute approximate surface area is 213 Å². The molecule has 0 amide bonds. The van der Waals surface area contributed by atoms with E-state index in [2.05, 4.69) is 28.7 Å². The van der Waals surface area contributed by atoms with Crippen molar-refractivity contribution in [1.29, 1.82) is 5.41 Å². The summed E-state index contributed by atoms with van der Waals surface area (Å²) in [6, 6.07) is 11.8. The highest BCUT2D eigenvalue weighted by molar-refractivity contribution is 5.85. The van der Waals surface area contributed by atoms with E-state index in [0.29, 0.717) is 24.8 Å². The molecule has 3 rings (SSSR count). The molecule has 3 N–H and O–H groups in total. The number of aromatic nitrogens is 1. The molecule has 0 unspecified atom stereocenters. The van der Waals surface area contributed by atoms with Crippen LogP contribution in [-0.2, 0) is 0 Å². The van der Waals surface area contributed by atoms with Crippen LogP contribution in [0.15, 0.2) is 41.4 Å². The number of nitrogens with two attached hydrogens (primary N) is 1. The number of nitrogens with zero attached hydrogens (tertiary/aromatic N) is 3. The molecular formula is C29H47N5O. The minimum Gasteiger partial charge on any atom is -0.476 e. The molecule has 194 valence electrons. The van der Waals surface area contributed by atoms with E-state index in [1.54, 1.807) is 0 Å². The zero-order valence-electron chi connectivity index (χ0n) is 22.6. The third-order valence-electron chi connectivity index (χ3n) is 5.47. The third-order valence-corrected chi connectivity index (χ3v) is 5.47. The molecule has 6 heteroatoms. The molecule has 1 saturated carbocycles. The van der Waals surface area contributed by atoms with E-state index < -0.39 is 0 Å². The Hall–Kier alpha value is -2.89. The van der Waals surface area contributed by atoms with Crippen molar-refractivity contribution in [3.63, 3.8) is 0 Å². The summed E-state index contributed by atoms with van der Waals surface area (Å²) < 4.78 is 5.80. The fraction of sp³-hybridized carbons (Fsp3) is 0.552. The van der Waals surface area contributed by atoms with Crippen LogP contribution in [0, 0.1) is 12.3 Å². The van der Waals surface area contributed by atoms with Crippen LogP contribution >= 0.6 is 0 Å². The lowest BCUT2D eigenvalue weighted by Crippen LogP contribution is -2.25. The van der Waals surface area contributed by atoms with Crippen molar-refractivity contribution >= 4 is 23.4 Å². The van der Waals surface area contributed by atoms with Gasteiger partial charge in [0.2, 0.25) is 5.88 Å². The second-order valence-corrected chi connectivity index (χ2v) is 8.49. The van der Waals surface area contributed by atoms with Crippen LogP contribution in [0.5, 0.6) is 5.88 Å². The van der Waals surface area contributed by atoms with Gasteiger partial charge in [0.25, 0.3) is 0 Å². The summed E-state index contributed by atoms with van der Waals surface area (Å²) in [5.41, 5.74) is 10.6. The molecule has 0 atom stereocenters. The molecule has 1 heterocycles. The maximum absolute atomic E-state index is 6.92. The van der Waals surface area contributed by atoms with Gasteiger partial charge in [-0.05, 0) is 51.0 Å². The molecule has 0 spiro atoms. The maximum atomic E-state index is 6.92. The Balaban J connectivity index is 0.000000464. The number of pyridine rings is 1. The lowest BCUT2D eigenvalue weighted by Gasteiger charge is -2.24. The number of benzene rings is 1. The van der Waals surface area contributed by atoms with E-state index in [-0.39, 0.29) is 0 Å². The molecule has 0 radical (unpaired) electrons. The van der Waals surface area contributed by atoms with Gasteiger partial charge in [0.15, 0.2) is 0 Å². The molecule has 0 aliphatic heterocycles. The quantitative estimate of drug-likeness (QED) is 0.280. The number of hydrogen-bond donors (Lipinski definition) is 2. The van der Waals surface area contributed by atoms with Gasteiger partial charge in [-0.2, -0.15) is 4.98 Å². The largest absolute Gasteiger partial charge is 0.476 e. The van der Waals surface area contributed by atoms with Crippen molar-refractivity contribution in [1.82, 2.24) is 4.98 Å². The lowest BCUT2D eigenvalue weighted by molar-refractivity contribution is 0.316. The molecular weight excluding hydrogens is 434 g/mol. The SMILES string of the molecule is CC.CCCN(CCC)c1cc(N)nc(OCCN=C2CCCCC2)c1.Cc1cccc(C=N)c1. The number of aryl methyl sites for hydroxylation is 1. The Kier molecular flexibility index (Phi) is 15.9. The Morgan fingerprint density at radius 1 is 1.06 bits per heavy atom. The number of aliphatic imine (C=N–C) groups is 1. The van der Waals surface area contributed by atoms with Gasteiger partial charge in [-0.1, -0.05) is 63.9 Å². The van der Waals surface area contributed by atoms with Gasteiger partial charge in [-0.15, -0.1) is 0 Å². The molecule has 0 bridgehead atoms. The zero-order valence-corrected chi connectivity index (χ0v) is 22.6. The second-order valence-electron chi connectivity index (χ2n) is 8.49. The zero-order chi connectivity index (χ0) is 25.9. The van der Waals surface area contributed by atoms with E-state index >= 15 is 0 Å².